The maximum absolute atomic E-state index is 5.33. The quantitative estimate of drug-likeness (QED) is 0.165. The van der Waals surface area contributed by atoms with Gasteiger partial charge in [0.2, 0.25) is 0 Å². The lowest BCUT2D eigenvalue weighted by molar-refractivity contribution is 0.608. The molecule has 1 heterocycles. The lowest BCUT2D eigenvalue weighted by atomic mass is 9.49. The van der Waals surface area contributed by atoms with Crippen molar-refractivity contribution in [2.75, 3.05) is 0 Å². The van der Waals surface area contributed by atoms with Crippen molar-refractivity contribution in [3.63, 3.8) is 0 Å². The number of hydrogen-bond donors (Lipinski definition) is 0. The summed E-state index contributed by atoms with van der Waals surface area (Å²) in [5, 5.41) is 4.92. The number of hydrogen-bond acceptors (Lipinski definition) is 2. The van der Waals surface area contributed by atoms with E-state index in [0.29, 0.717) is 5.82 Å². The van der Waals surface area contributed by atoms with Gasteiger partial charge in [-0.25, -0.2) is 9.97 Å². The molecule has 15 rings (SSSR count). The molecule has 2 spiro atoms. The summed E-state index contributed by atoms with van der Waals surface area (Å²) in [5.74, 6) is 0.706. The van der Waals surface area contributed by atoms with E-state index in [9.17, 15) is 0 Å². The Balaban J connectivity index is 0.933. The van der Waals surface area contributed by atoms with Gasteiger partial charge in [-0.15, -0.1) is 0 Å². The van der Waals surface area contributed by atoms with E-state index in [-0.39, 0.29) is 0 Å². The van der Waals surface area contributed by atoms with Gasteiger partial charge in [0.1, 0.15) is 0 Å². The molecule has 0 atom stereocenters. The molecule has 3 aliphatic carbocycles. The summed E-state index contributed by atoms with van der Waals surface area (Å²) in [7, 11) is 0. The molecule has 0 unspecified atom stereocenters. The first-order chi connectivity index (χ1) is 35.2. The van der Waals surface area contributed by atoms with Crippen LogP contribution in [0.5, 0.6) is 0 Å². The summed E-state index contributed by atoms with van der Waals surface area (Å²) in [6, 6.07) is 94.6. The SMILES string of the molecule is c1ccc(-c2nc(-c3cccc(-c4cccc5c4Cc4ccccc4C54c5ccccc5C5(c6ccccc6-c6ccccc65)c5ccccc54)c3)cc(-c3ccc4c(ccc5ccccc54)c3)n2)cc1. The Kier molecular flexibility index (Phi) is 8.59. The number of aromatic nitrogens is 2. The lowest BCUT2D eigenvalue weighted by Crippen LogP contribution is -2.46. The van der Waals surface area contributed by atoms with Gasteiger partial charge in [0.15, 0.2) is 5.82 Å². The van der Waals surface area contributed by atoms with Crippen LogP contribution in [0.1, 0.15) is 55.6 Å². The van der Waals surface area contributed by atoms with E-state index in [0.717, 1.165) is 34.5 Å². The summed E-state index contributed by atoms with van der Waals surface area (Å²) in [5.41, 5.74) is 22.3. The average molecular weight is 901 g/mol. The van der Waals surface area contributed by atoms with Gasteiger partial charge in [0.25, 0.3) is 0 Å². The second-order valence-corrected chi connectivity index (χ2v) is 19.5. The largest absolute Gasteiger partial charge is 0.228 e. The van der Waals surface area contributed by atoms with Crippen LogP contribution in [0, 0.1) is 0 Å². The zero-order valence-electron chi connectivity index (χ0n) is 38.9. The van der Waals surface area contributed by atoms with E-state index in [1.165, 1.54) is 99.4 Å². The number of rotatable bonds is 4. The van der Waals surface area contributed by atoms with E-state index in [1.807, 2.05) is 6.07 Å². The van der Waals surface area contributed by atoms with Gasteiger partial charge >= 0.3 is 0 Å². The molecule has 12 aromatic rings. The molecule has 0 radical (unpaired) electrons. The zero-order valence-corrected chi connectivity index (χ0v) is 38.9. The maximum atomic E-state index is 5.33. The summed E-state index contributed by atoms with van der Waals surface area (Å²) in [6.45, 7) is 0. The van der Waals surface area contributed by atoms with Crippen molar-refractivity contribution in [2.45, 2.75) is 17.3 Å². The van der Waals surface area contributed by atoms with Gasteiger partial charge in [0, 0.05) is 16.7 Å². The predicted octanol–water partition coefficient (Wildman–Crippen LogP) is 16.4. The second kappa shape index (κ2) is 15.3. The van der Waals surface area contributed by atoms with Crippen LogP contribution in [-0.2, 0) is 17.3 Å². The highest BCUT2D eigenvalue weighted by Gasteiger charge is 2.58. The molecular formula is C69H44N2. The molecule has 3 aliphatic rings. The van der Waals surface area contributed by atoms with Crippen molar-refractivity contribution in [2.24, 2.45) is 0 Å². The van der Waals surface area contributed by atoms with Crippen LogP contribution < -0.4 is 0 Å². The Bertz CT molecular complexity index is 4070. The molecule has 0 fully saturated rings. The third-order valence-electron chi connectivity index (χ3n) is 16.1. The first-order valence-electron chi connectivity index (χ1n) is 24.8. The van der Waals surface area contributed by atoms with Crippen molar-refractivity contribution >= 4 is 21.5 Å². The van der Waals surface area contributed by atoms with Crippen molar-refractivity contribution < 1.29 is 0 Å². The molecule has 11 aromatic carbocycles. The first-order valence-corrected chi connectivity index (χ1v) is 24.8. The fraction of sp³-hybridized carbons (Fsp3) is 0.0435. The van der Waals surface area contributed by atoms with Crippen LogP contribution in [0.15, 0.2) is 255 Å². The molecule has 2 nitrogen and oxygen atoms in total. The molecule has 0 bridgehead atoms. The van der Waals surface area contributed by atoms with Gasteiger partial charge < -0.3 is 0 Å². The van der Waals surface area contributed by atoms with Gasteiger partial charge in [-0.2, -0.15) is 0 Å². The maximum Gasteiger partial charge on any atom is 0.160 e. The molecule has 0 aliphatic heterocycles. The third kappa shape index (κ3) is 5.59. The zero-order chi connectivity index (χ0) is 46.7. The molecule has 1 aromatic heterocycles. The Morgan fingerprint density at radius 1 is 0.282 bits per heavy atom. The molecule has 71 heavy (non-hydrogen) atoms. The molecule has 2 heteroatoms. The van der Waals surface area contributed by atoms with E-state index in [2.05, 4.69) is 249 Å². The summed E-state index contributed by atoms with van der Waals surface area (Å²) in [6.07, 6.45) is 0.821. The van der Waals surface area contributed by atoms with Crippen LogP contribution in [0.4, 0.5) is 0 Å². The van der Waals surface area contributed by atoms with Gasteiger partial charge in [0.05, 0.1) is 22.2 Å². The highest BCUT2D eigenvalue weighted by atomic mass is 14.9. The molecular weight excluding hydrogens is 857 g/mol. The average Bonchev–Trinajstić information content (AvgIpc) is 3.76. The summed E-state index contributed by atoms with van der Waals surface area (Å²) in [4.78, 5) is 10.6. The monoisotopic (exact) mass is 900 g/mol. The fourth-order valence-electron chi connectivity index (χ4n) is 13.2. The van der Waals surface area contributed by atoms with Crippen molar-refractivity contribution in [3.05, 3.63) is 310 Å². The van der Waals surface area contributed by atoms with Crippen LogP contribution in [0.2, 0.25) is 0 Å². The van der Waals surface area contributed by atoms with Crippen LogP contribution in [0.3, 0.4) is 0 Å². The van der Waals surface area contributed by atoms with E-state index in [4.69, 9.17) is 9.97 Å². The Morgan fingerprint density at radius 2 is 0.761 bits per heavy atom. The molecule has 0 saturated heterocycles. The van der Waals surface area contributed by atoms with E-state index >= 15 is 0 Å². The topological polar surface area (TPSA) is 25.8 Å². The van der Waals surface area contributed by atoms with Crippen molar-refractivity contribution in [1.29, 1.82) is 0 Å². The molecule has 0 saturated carbocycles. The van der Waals surface area contributed by atoms with Crippen LogP contribution >= 0.6 is 0 Å². The highest BCUT2D eigenvalue weighted by molar-refractivity contribution is 6.08. The van der Waals surface area contributed by atoms with Crippen LogP contribution in [-0.4, -0.2) is 9.97 Å². The molecule has 0 amide bonds. The highest BCUT2D eigenvalue weighted by Crippen LogP contribution is 2.66. The van der Waals surface area contributed by atoms with Gasteiger partial charge in [-0.3, -0.25) is 0 Å². The number of nitrogens with zero attached hydrogens (tertiary/aromatic N) is 2. The number of fused-ring (bicyclic) bond motifs is 18. The van der Waals surface area contributed by atoms with Crippen LogP contribution in [0.25, 0.3) is 77.7 Å². The summed E-state index contributed by atoms with van der Waals surface area (Å²) < 4.78 is 0. The first kappa shape index (κ1) is 40.0. The van der Waals surface area contributed by atoms with Gasteiger partial charge in [-0.1, -0.05) is 237 Å². The Hall–Kier alpha value is -8.98. The van der Waals surface area contributed by atoms with Crippen molar-refractivity contribution in [1.82, 2.24) is 9.97 Å². The Labute approximate surface area is 413 Å². The van der Waals surface area contributed by atoms with E-state index < -0.39 is 10.8 Å². The Morgan fingerprint density at radius 3 is 1.46 bits per heavy atom. The molecule has 0 N–H and O–H groups in total. The van der Waals surface area contributed by atoms with Crippen molar-refractivity contribution in [3.8, 4) is 56.2 Å². The third-order valence-corrected chi connectivity index (χ3v) is 16.1. The minimum Gasteiger partial charge on any atom is -0.228 e. The summed E-state index contributed by atoms with van der Waals surface area (Å²) >= 11 is 0. The smallest absolute Gasteiger partial charge is 0.160 e. The fourth-order valence-corrected chi connectivity index (χ4v) is 13.2. The minimum atomic E-state index is -0.582. The predicted molar refractivity (Wildman–Crippen MR) is 291 cm³/mol. The number of benzene rings is 11. The van der Waals surface area contributed by atoms with Gasteiger partial charge in [-0.05, 0) is 124 Å². The second-order valence-electron chi connectivity index (χ2n) is 19.5. The minimum absolute atomic E-state index is 0.486. The lowest BCUT2D eigenvalue weighted by Gasteiger charge is -2.52. The normalized spacial score (nSPS) is 14.1. The van der Waals surface area contributed by atoms with E-state index in [1.54, 1.807) is 0 Å². The molecule has 330 valence electrons. The standard InChI is InChI=1S/C69H44N2/c1-2-19-45(20-3-1)67-70-65(43-66(71-67)50-38-39-53-47(41-50)37-36-44-18-4-6-24-51(44)53)49-23-16-22-46(40-49)52-27-17-35-60-56(52)42-48-21-5-9-28-57(48)68(60)61-31-12-14-33-63(61)69(64-34-15-13-32-62(64)68)58-29-10-7-25-54(58)55-26-8-11-30-59(55)69/h1-41,43H,42H2.